The normalized spacial score (nSPS) is 19.8. The molecule has 1 amide bonds. The molecule has 2 atom stereocenters. The number of nitrogens with one attached hydrogen (secondary N) is 1. The average Bonchev–Trinajstić information content (AvgIpc) is 2.70. The lowest BCUT2D eigenvalue weighted by atomic mass is 9.79. The molecule has 0 saturated heterocycles. The number of methoxy groups -OCH3 is 2. The van der Waals surface area contributed by atoms with Gasteiger partial charge in [-0.2, -0.15) is 0 Å². The summed E-state index contributed by atoms with van der Waals surface area (Å²) in [4.78, 5) is 35.3. The van der Waals surface area contributed by atoms with Gasteiger partial charge in [-0.15, -0.1) is 0 Å². The lowest BCUT2D eigenvalue weighted by Gasteiger charge is -2.29. The molecular formula is C20H25NO5. The van der Waals surface area contributed by atoms with Crippen molar-refractivity contribution in [3.63, 3.8) is 0 Å². The van der Waals surface area contributed by atoms with Crippen molar-refractivity contribution < 1.29 is 23.9 Å². The van der Waals surface area contributed by atoms with Gasteiger partial charge in [-0.3, -0.25) is 9.59 Å². The molecule has 2 rings (SSSR count). The molecule has 26 heavy (non-hydrogen) atoms. The average molecular weight is 359 g/mol. The van der Waals surface area contributed by atoms with Gasteiger partial charge >= 0.3 is 11.9 Å². The van der Waals surface area contributed by atoms with Crippen LogP contribution in [0.1, 0.15) is 41.6 Å². The minimum atomic E-state index is -0.397. The van der Waals surface area contributed by atoms with Crippen LogP contribution in [0.4, 0.5) is 0 Å². The molecule has 2 unspecified atom stereocenters. The summed E-state index contributed by atoms with van der Waals surface area (Å²) in [6.07, 6.45) is 6.94. The molecule has 0 aliphatic heterocycles. The molecule has 0 radical (unpaired) electrons. The molecule has 6 nitrogen and oxygen atoms in total. The van der Waals surface area contributed by atoms with Crippen molar-refractivity contribution in [1.29, 1.82) is 0 Å². The Hall–Kier alpha value is -2.63. The van der Waals surface area contributed by atoms with Gasteiger partial charge in [0.15, 0.2) is 0 Å². The minimum absolute atomic E-state index is 0.118. The predicted octanol–water partition coefficient (Wildman–Crippen LogP) is 2.58. The quantitative estimate of drug-likeness (QED) is 0.624. The van der Waals surface area contributed by atoms with Crippen LogP contribution in [0.15, 0.2) is 30.3 Å². The highest BCUT2D eigenvalue weighted by Crippen LogP contribution is 2.30. The Balaban J connectivity index is 1.86. The fourth-order valence-corrected chi connectivity index (χ4v) is 3.22. The van der Waals surface area contributed by atoms with E-state index in [2.05, 4.69) is 10.1 Å². The minimum Gasteiger partial charge on any atom is -0.469 e. The van der Waals surface area contributed by atoms with Gasteiger partial charge in [-0.1, -0.05) is 25.0 Å². The standard InChI is InChI=1S/C20H25NO5/c1-25-19(23)15-10-7-14(8-11-15)9-12-18(22)21-13-16-5-3-4-6-17(16)20(24)26-2/h7-12,16-17H,3-6,13H2,1-2H3,(H,21,22)/b12-9+. The lowest BCUT2D eigenvalue weighted by molar-refractivity contribution is -0.148. The van der Waals surface area contributed by atoms with E-state index in [0.717, 1.165) is 31.2 Å². The van der Waals surface area contributed by atoms with Crippen LogP contribution in [0, 0.1) is 11.8 Å². The van der Waals surface area contributed by atoms with E-state index in [1.165, 1.54) is 20.3 Å². The maximum atomic E-state index is 12.0. The summed E-state index contributed by atoms with van der Waals surface area (Å²) in [5.41, 5.74) is 1.26. The second-order valence-corrected chi connectivity index (χ2v) is 6.37. The van der Waals surface area contributed by atoms with Crippen molar-refractivity contribution in [2.45, 2.75) is 25.7 Å². The molecule has 0 bridgehead atoms. The topological polar surface area (TPSA) is 81.7 Å². The Labute approximate surface area is 153 Å². The van der Waals surface area contributed by atoms with Gasteiger partial charge in [-0.25, -0.2) is 4.79 Å². The Kier molecular flexibility index (Phi) is 7.38. The Morgan fingerprint density at radius 1 is 1.08 bits per heavy atom. The molecule has 0 spiro atoms. The summed E-state index contributed by atoms with van der Waals surface area (Å²) in [5, 5.41) is 2.86. The van der Waals surface area contributed by atoms with Crippen molar-refractivity contribution in [2.75, 3.05) is 20.8 Å². The number of esters is 2. The molecular weight excluding hydrogens is 334 g/mol. The number of hydrogen-bond acceptors (Lipinski definition) is 5. The lowest BCUT2D eigenvalue weighted by Crippen LogP contribution is -2.37. The van der Waals surface area contributed by atoms with Gasteiger partial charge in [0.2, 0.25) is 5.91 Å². The monoisotopic (exact) mass is 359 g/mol. The van der Waals surface area contributed by atoms with E-state index in [-0.39, 0.29) is 23.7 Å². The number of benzene rings is 1. The molecule has 1 aromatic rings. The van der Waals surface area contributed by atoms with E-state index in [1.54, 1.807) is 30.3 Å². The van der Waals surface area contributed by atoms with Crippen LogP contribution >= 0.6 is 0 Å². The van der Waals surface area contributed by atoms with Crippen LogP contribution in [-0.4, -0.2) is 38.6 Å². The third-order valence-electron chi connectivity index (χ3n) is 4.71. The molecule has 1 saturated carbocycles. The van der Waals surface area contributed by atoms with Crippen LogP contribution in [0.3, 0.4) is 0 Å². The zero-order valence-corrected chi connectivity index (χ0v) is 15.2. The van der Waals surface area contributed by atoms with Crippen molar-refractivity contribution in [3.05, 3.63) is 41.5 Å². The van der Waals surface area contributed by atoms with Crippen LogP contribution < -0.4 is 5.32 Å². The second kappa shape index (κ2) is 9.75. The van der Waals surface area contributed by atoms with Crippen molar-refractivity contribution in [3.8, 4) is 0 Å². The zero-order valence-electron chi connectivity index (χ0n) is 15.2. The number of amides is 1. The summed E-state index contributed by atoms with van der Waals surface area (Å²) in [6, 6.07) is 6.77. The van der Waals surface area contributed by atoms with Crippen LogP contribution in [0.25, 0.3) is 6.08 Å². The first-order valence-electron chi connectivity index (χ1n) is 8.77. The van der Waals surface area contributed by atoms with E-state index >= 15 is 0 Å². The van der Waals surface area contributed by atoms with E-state index in [9.17, 15) is 14.4 Å². The highest BCUT2D eigenvalue weighted by atomic mass is 16.5. The third-order valence-corrected chi connectivity index (χ3v) is 4.71. The maximum absolute atomic E-state index is 12.0. The molecule has 1 aliphatic rings. The maximum Gasteiger partial charge on any atom is 0.337 e. The van der Waals surface area contributed by atoms with Crippen molar-refractivity contribution in [1.82, 2.24) is 5.32 Å². The van der Waals surface area contributed by atoms with Crippen molar-refractivity contribution >= 4 is 23.9 Å². The first-order chi connectivity index (χ1) is 12.5. The Morgan fingerprint density at radius 3 is 2.42 bits per heavy atom. The summed E-state index contributed by atoms with van der Waals surface area (Å²) in [5.74, 6) is -0.816. The number of carbonyl (C=O) groups is 3. The zero-order chi connectivity index (χ0) is 18.9. The Bertz CT molecular complexity index is 665. The highest BCUT2D eigenvalue weighted by molar-refractivity contribution is 5.92. The molecule has 1 aliphatic carbocycles. The Morgan fingerprint density at radius 2 is 1.77 bits per heavy atom. The van der Waals surface area contributed by atoms with Gasteiger partial charge in [0, 0.05) is 12.6 Å². The second-order valence-electron chi connectivity index (χ2n) is 6.37. The summed E-state index contributed by atoms with van der Waals surface area (Å²) < 4.78 is 9.51. The van der Waals surface area contributed by atoms with E-state index in [0.29, 0.717) is 12.1 Å². The summed E-state index contributed by atoms with van der Waals surface area (Å²) >= 11 is 0. The molecule has 0 heterocycles. The molecule has 140 valence electrons. The first-order valence-corrected chi connectivity index (χ1v) is 8.77. The van der Waals surface area contributed by atoms with Gasteiger partial charge in [-0.05, 0) is 42.5 Å². The van der Waals surface area contributed by atoms with Gasteiger partial charge in [0.25, 0.3) is 0 Å². The van der Waals surface area contributed by atoms with Crippen LogP contribution in [0.2, 0.25) is 0 Å². The summed E-state index contributed by atoms with van der Waals surface area (Å²) in [7, 11) is 2.73. The number of hydrogen-bond donors (Lipinski definition) is 1. The number of ether oxygens (including phenoxy) is 2. The van der Waals surface area contributed by atoms with E-state index < -0.39 is 5.97 Å². The molecule has 6 heteroatoms. The van der Waals surface area contributed by atoms with Crippen molar-refractivity contribution in [2.24, 2.45) is 11.8 Å². The molecule has 1 aromatic carbocycles. The SMILES string of the molecule is COC(=O)c1ccc(/C=C/C(=O)NCC2CCCCC2C(=O)OC)cc1. The molecule has 1 N–H and O–H groups in total. The number of carbonyl (C=O) groups excluding carboxylic acids is 3. The number of rotatable bonds is 6. The van der Waals surface area contributed by atoms with Gasteiger partial charge in [0.1, 0.15) is 0 Å². The molecule has 1 fully saturated rings. The fourth-order valence-electron chi connectivity index (χ4n) is 3.22. The first kappa shape index (κ1) is 19.7. The van der Waals surface area contributed by atoms with Crippen LogP contribution in [-0.2, 0) is 19.1 Å². The van der Waals surface area contributed by atoms with Gasteiger partial charge < -0.3 is 14.8 Å². The third kappa shape index (κ3) is 5.44. The molecule has 0 aromatic heterocycles. The van der Waals surface area contributed by atoms with E-state index in [4.69, 9.17) is 4.74 Å². The highest BCUT2D eigenvalue weighted by Gasteiger charge is 2.31. The van der Waals surface area contributed by atoms with E-state index in [1.807, 2.05) is 0 Å². The van der Waals surface area contributed by atoms with Crippen LogP contribution in [0.5, 0.6) is 0 Å². The predicted molar refractivity (Wildman–Crippen MR) is 97.3 cm³/mol. The van der Waals surface area contributed by atoms with Gasteiger partial charge in [0.05, 0.1) is 25.7 Å². The smallest absolute Gasteiger partial charge is 0.337 e. The summed E-state index contributed by atoms with van der Waals surface area (Å²) in [6.45, 7) is 0.463. The largest absolute Gasteiger partial charge is 0.469 e. The fraction of sp³-hybridized carbons (Fsp3) is 0.450.